The van der Waals surface area contributed by atoms with Gasteiger partial charge in [0.05, 0.1) is 124 Å². The van der Waals surface area contributed by atoms with Crippen molar-refractivity contribution in [3.8, 4) is 0 Å². The Labute approximate surface area is 484 Å². The number of amides is 3. The maximum atomic E-state index is 14.3. The number of carbonyl (C=O) groups is 3. The summed E-state index contributed by atoms with van der Waals surface area (Å²) >= 11 is 0. The summed E-state index contributed by atoms with van der Waals surface area (Å²) in [4.78, 5) is 44.5. The fourth-order valence-electron chi connectivity index (χ4n) is 8.64. The van der Waals surface area contributed by atoms with Crippen LogP contribution in [0.15, 0.2) is 145 Å². The summed E-state index contributed by atoms with van der Waals surface area (Å²) in [7, 11) is 0. The van der Waals surface area contributed by atoms with Gasteiger partial charge >= 0.3 is 0 Å². The molecule has 0 heterocycles. The zero-order valence-electron chi connectivity index (χ0n) is 47.9. The van der Waals surface area contributed by atoms with Gasteiger partial charge in [0.2, 0.25) is 17.7 Å². The van der Waals surface area contributed by atoms with Crippen molar-refractivity contribution in [3.05, 3.63) is 183 Å². The predicted molar refractivity (Wildman–Crippen MR) is 316 cm³/mol. The number of nitrogens with one attached hydrogen (secondary N) is 4. The molecule has 0 aliphatic rings. The highest BCUT2D eigenvalue weighted by Gasteiger charge is 2.36. The summed E-state index contributed by atoms with van der Waals surface area (Å²) < 4.78 is 49.6. The van der Waals surface area contributed by atoms with E-state index in [1.54, 1.807) is 0 Å². The quantitative estimate of drug-likeness (QED) is 0.00951. The lowest BCUT2D eigenvalue weighted by molar-refractivity contribution is -0.131. The maximum absolute atomic E-state index is 14.3. The van der Waals surface area contributed by atoms with E-state index in [9.17, 15) is 14.4 Å². The van der Waals surface area contributed by atoms with Gasteiger partial charge in [0.25, 0.3) is 0 Å². The maximum Gasteiger partial charge on any atom is 0.246 e. The number of nitrogens with zero attached hydrogens (tertiary/aromatic N) is 3. The molecule has 3 amide bonds. The first-order valence-electron chi connectivity index (χ1n) is 28.4. The van der Waals surface area contributed by atoms with Crippen LogP contribution in [-0.4, -0.2) is 162 Å². The number of unbranched alkanes of at least 4 members (excludes halogenated alkanes) is 1. The minimum atomic E-state index is -0.955. The SMILES string of the molecule is Cc1ccc(NC(=O)[C@H](CCCCNC(c2ccccc2)(c2ccccc2)c2ccc(C)cc2)NC(=O)[C@H](Cc2ccccc2)NC(=O)CCOCCOCCOCCOCCOCCOCCOCCOCCOCCN=[N+]=[N-])cc1. The van der Waals surface area contributed by atoms with Crippen LogP contribution >= 0.6 is 0 Å². The summed E-state index contributed by atoms with van der Waals surface area (Å²) in [6, 6.07) is 44.7. The molecule has 0 fully saturated rings. The molecular weight excluding hydrogens is 1050 g/mol. The zero-order valence-corrected chi connectivity index (χ0v) is 47.9. The minimum absolute atomic E-state index is 0.0242. The molecule has 2 atom stereocenters. The monoisotopic (exact) mass is 1130 g/mol. The molecule has 0 saturated heterocycles. The van der Waals surface area contributed by atoms with Crippen LogP contribution in [0.3, 0.4) is 0 Å². The molecule has 0 aromatic heterocycles. The summed E-state index contributed by atoms with van der Waals surface area (Å²) in [5.41, 5.74) is 14.6. The first kappa shape index (κ1) is 66.2. The Morgan fingerprint density at radius 1 is 0.476 bits per heavy atom. The standard InChI is InChI=1S/C63H85N7O12/c1-51-21-25-56(26-22-51)63(54-16-8-4-9-17-54,55-18-10-5-11-19-55)65-30-13-12-20-58(61(72)67-57-27-23-52(2)24-28-57)69-62(73)59(50-53-14-6-3-7-15-53)68-60(71)29-32-74-34-36-76-38-40-78-42-44-80-46-48-82-49-47-81-45-43-79-41-39-77-37-35-75-33-31-66-70-64/h3-11,14-19,21-28,58-59,65H,12-13,20,29-50H2,1-2H3,(H,67,72)(H,68,71)(H,69,73)/t58-,59-/m0/s1. The molecule has 0 unspecified atom stereocenters. The molecule has 0 spiro atoms. The number of azide groups is 1. The molecule has 5 aromatic rings. The Balaban J connectivity index is 0.982. The molecule has 0 aliphatic carbocycles. The first-order valence-corrected chi connectivity index (χ1v) is 28.4. The van der Waals surface area contributed by atoms with Crippen molar-refractivity contribution in [1.82, 2.24) is 16.0 Å². The number of rotatable bonds is 46. The number of hydrogen-bond acceptors (Lipinski definition) is 14. The van der Waals surface area contributed by atoms with Crippen LogP contribution in [-0.2, 0) is 69.0 Å². The van der Waals surface area contributed by atoms with Gasteiger partial charge in [-0.05, 0) is 79.6 Å². The predicted octanol–water partition coefficient (Wildman–Crippen LogP) is 8.06. The van der Waals surface area contributed by atoms with E-state index in [0.717, 1.165) is 27.8 Å². The van der Waals surface area contributed by atoms with Gasteiger partial charge in [-0.2, -0.15) is 0 Å². The molecule has 0 aliphatic heterocycles. The van der Waals surface area contributed by atoms with E-state index in [0.29, 0.717) is 144 Å². The van der Waals surface area contributed by atoms with Crippen LogP contribution in [0.2, 0.25) is 0 Å². The van der Waals surface area contributed by atoms with Crippen molar-refractivity contribution in [2.24, 2.45) is 5.11 Å². The lowest BCUT2D eigenvalue weighted by Crippen LogP contribution is -2.53. The van der Waals surface area contributed by atoms with Gasteiger partial charge in [-0.3, -0.25) is 19.7 Å². The van der Waals surface area contributed by atoms with Crippen LogP contribution in [0.5, 0.6) is 0 Å². The second kappa shape index (κ2) is 41.4. The first-order chi connectivity index (χ1) is 40.3. The van der Waals surface area contributed by atoms with Gasteiger partial charge < -0.3 is 58.6 Å². The van der Waals surface area contributed by atoms with E-state index >= 15 is 0 Å². The number of carbonyl (C=O) groups excluding carboxylic acids is 3. The topological polar surface area (TPSA) is 231 Å². The molecule has 4 N–H and O–H groups in total. The number of aryl methyl sites for hydroxylation is 2. The molecular formula is C63H85N7O12. The van der Waals surface area contributed by atoms with Crippen molar-refractivity contribution in [2.45, 2.75) is 63.6 Å². The third kappa shape index (κ3) is 26.6. The average Bonchev–Trinajstić information content (AvgIpc) is 3.68. The lowest BCUT2D eigenvalue weighted by Gasteiger charge is -2.37. The minimum Gasteiger partial charge on any atom is -0.379 e. The van der Waals surface area contributed by atoms with Crippen molar-refractivity contribution in [2.75, 3.05) is 137 Å². The molecule has 82 heavy (non-hydrogen) atoms. The molecule has 0 bridgehead atoms. The van der Waals surface area contributed by atoms with Crippen LogP contribution in [0.4, 0.5) is 5.69 Å². The summed E-state index contributed by atoms with van der Waals surface area (Å²) in [6.07, 6.45) is 1.92. The molecule has 444 valence electrons. The second-order valence-corrected chi connectivity index (χ2v) is 19.2. The fourth-order valence-corrected chi connectivity index (χ4v) is 8.64. The highest BCUT2D eigenvalue weighted by molar-refractivity contribution is 5.98. The van der Waals surface area contributed by atoms with E-state index in [1.165, 1.54) is 5.56 Å². The highest BCUT2D eigenvalue weighted by Crippen LogP contribution is 2.37. The van der Waals surface area contributed by atoms with Crippen LogP contribution < -0.4 is 21.3 Å². The largest absolute Gasteiger partial charge is 0.379 e. The Morgan fingerprint density at radius 2 is 0.890 bits per heavy atom. The van der Waals surface area contributed by atoms with E-state index in [-0.39, 0.29) is 37.9 Å². The van der Waals surface area contributed by atoms with Gasteiger partial charge in [0.1, 0.15) is 12.1 Å². The molecule has 5 rings (SSSR count). The average molecular weight is 1130 g/mol. The molecule has 5 aromatic carbocycles. The third-order valence-corrected chi connectivity index (χ3v) is 12.9. The van der Waals surface area contributed by atoms with Gasteiger partial charge in [0, 0.05) is 30.0 Å². The zero-order chi connectivity index (χ0) is 58.0. The molecule has 19 heteroatoms. The van der Waals surface area contributed by atoms with Crippen molar-refractivity contribution >= 4 is 23.4 Å². The molecule has 19 nitrogen and oxygen atoms in total. The van der Waals surface area contributed by atoms with Crippen molar-refractivity contribution in [3.63, 3.8) is 0 Å². The summed E-state index contributed by atoms with van der Waals surface area (Å²) in [5.74, 6) is -1.16. The van der Waals surface area contributed by atoms with Gasteiger partial charge in [-0.25, -0.2) is 0 Å². The van der Waals surface area contributed by atoms with Crippen molar-refractivity contribution < 1.29 is 57.0 Å². The van der Waals surface area contributed by atoms with Crippen LogP contribution in [0.1, 0.15) is 59.1 Å². The summed E-state index contributed by atoms with van der Waals surface area (Å²) in [6.45, 7) is 12.2. The van der Waals surface area contributed by atoms with Gasteiger partial charge in [0.15, 0.2) is 0 Å². The van der Waals surface area contributed by atoms with Gasteiger partial charge in [-0.15, -0.1) is 0 Å². The highest BCUT2D eigenvalue weighted by atomic mass is 16.6. The Bertz CT molecular complexity index is 2490. The molecule has 0 radical (unpaired) electrons. The van der Waals surface area contributed by atoms with Crippen LogP contribution in [0, 0.1) is 13.8 Å². The number of benzene rings is 5. The van der Waals surface area contributed by atoms with Crippen molar-refractivity contribution in [1.29, 1.82) is 0 Å². The van der Waals surface area contributed by atoms with E-state index < -0.39 is 23.5 Å². The number of hydrogen-bond donors (Lipinski definition) is 4. The van der Waals surface area contributed by atoms with Crippen LogP contribution in [0.25, 0.3) is 10.4 Å². The third-order valence-electron chi connectivity index (χ3n) is 12.9. The van der Waals surface area contributed by atoms with E-state index in [1.807, 2.05) is 73.7 Å². The number of anilines is 1. The molecule has 0 saturated carbocycles. The Kier molecular flexibility index (Phi) is 33.4. The van der Waals surface area contributed by atoms with Gasteiger partial charge in [-0.1, -0.05) is 144 Å². The normalized spacial score (nSPS) is 12.1. The second-order valence-electron chi connectivity index (χ2n) is 19.2. The Morgan fingerprint density at radius 3 is 1.35 bits per heavy atom. The number of ether oxygens (including phenoxy) is 9. The lowest BCUT2D eigenvalue weighted by atomic mass is 9.76. The Hall–Kier alpha value is -6.58. The van der Waals surface area contributed by atoms with E-state index in [2.05, 4.69) is 111 Å². The van der Waals surface area contributed by atoms with E-state index in [4.69, 9.17) is 48.2 Å². The summed E-state index contributed by atoms with van der Waals surface area (Å²) in [5, 5.41) is 16.3. The fraction of sp³-hybridized carbons (Fsp3) is 0.476. The smallest absolute Gasteiger partial charge is 0.246 e.